The van der Waals surface area contributed by atoms with Gasteiger partial charge in [-0.05, 0) is 57.4 Å². The van der Waals surface area contributed by atoms with Crippen LogP contribution in [0.25, 0.3) is 10.6 Å². The van der Waals surface area contributed by atoms with Gasteiger partial charge in [-0.2, -0.15) is 0 Å². The van der Waals surface area contributed by atoms with Gasteiger partial charge < -0.3 is 10.1 Å². The maximum atomic E-state index is 12.9. The second-order valence-electron chi connectivity index (χ2n) is 7.78. The number of likely N-dealkylation sites (tertiary alicyclic amines) is 1. The topological polar surface area (TPSA) is 54.5 Å². The SMILES string of the molecule is CCOc1ccc(-c2nc(C)c(C(=O)NC3CCN(C4CCCC4)C3)s2)cc1. The number of carbonyl (C=O) groups excluding carboxylic acids is 1. The first kappa shape index (κ1) is 19.4. The van der Waals surface area contributed by atoms with Crippen LogP contribution in [0, 0.1) is 6.92 Å². The molecule has 1 aliphatic carbocycles. The Kier molecular flexibility index (Phi) is 5.97. The van der Waals surface area contributed by atoms with E-state index in [-0.39, 0.29) is 11.9 Å². The van der Waals surface area contributed by atoms with Crippen molar-refractivity contribution in [2.45, 2.75) is 58.0 Å². The summed E-state index contributed by atoms with van der Waals surface area (Å²) in [5.74, 6) is 0.871. The van der Waals surface area contributed by atoms with Gasteiger partial charge in [0.1, 0.15) is 15.6 Å². The van der Waals surface area contributed by atoms with Crippen LogP contribution in [-0.4, -0.2) is 47.6 Å². The van der Waals surface area contributed by atoms with E-state index >= 15 is 0 Å². The number of aryl methyl sites for hydroxylation is 1. The van der Waals surface area contributed by atoms with Crippen molar-refractivity contribution in [1.29, 1.82) is 0 Å². The van der Waals surface area contributed by atoms with E-state index in [0.29, 0.717) is 6.61 Å². The van der Waals surface area contributed by atoms with Crippen molar-refractivity contribution >= 4 is 17.2 Å². The molecule has 2 heterocycles. The molecule has 2 aliphatic rings. The lowest BCUT2D eigenvalue weighted by atomic mass is 10.2. The van der Waals surface area contributed by atoms with E-state index in [1.165, 1.54) is 37.0 Å². The molecule has 1 aromatic heterocycles. The molecule has 150 valence electrons. The number of hydrogen-bond donors (Lipinski definition) is 1. The van der Waals surface area contributed by atoms with Gasteiger partial charge in [0.2, 0.25) is 0 Å². The Morgan fingerprint density at radius 2 is 2.00 bits per heavy atom. The minimum absolute atomic E-state index is 0.0189. The Morgan fingerprint density at radius 3 is 2.71 bits per heavy atom. The summed E-state index contributed by atoms with van der Waals surface area (Å²) in [6, 6.07) is 8.89. The number of thiazole rings is 1. The van der Waals surface area contributed by atoms with Gasteiger partial charge in [-0.15, -0.1) is 11.3 Å². The molecule has 2 fully saturated rings. The number of aromatic nitrogens is 1. The molecule has 5 nitrogen and oxygen atoms in total. The summed E-state index contributed by atoms with van der Waals surface area (Å²) in [4.78, 5) is 20.8. The average Bonchev–Trinajstić information content (AvgIpc) is 3.43. The van der Waals surface area contributed by atoms with Gasteiger partial charge in [-0.1, -0.05) is 12.8 Å². The molecule has 1 saturated heterocycles. The van der Waals surface area contributed by atoms with E-state index in [9.17, 15) is 4.79 Å². The summed E-state index contributed by atoms with van der Waals surface area (Å²) in [5, 5.41) is 4.13. The third-order valence-electron chi connectivity index (χ3n) is 5.81. The van der Waals surface area contributed by atoms with E-state index in [1.807, 2.05) is 38.1 Å². The number of amides is 1. The van der Waals surface area contributed by atoms with Gasteiger partial charge in [-0.25, -0.2) is 4.98 Å². The smallest absolute Gasteiger partial charge is 0.263 e. The first-order chi connectivity index (χ1) is 13.6. The average molecular weight is 400 g/mol. The number of carbonyl (C=O) groups is 1. The number of hydrogen-bond acceptors (Lipinski definition) is 5. The van der Waals surface area contributed by atoms with Crippen molar-refractivity contribution in [1.82, 2.24) is 15.2 Å². The highest BCUT2D eigenvalue weighted by molar-refractivity contribution is 7.17. The highest BCUT2D eigenvalue weighted by atomic mass is 32.1. The van der Waals surface area contributed by atoms with Crippen LogP contribution >= 0.6 is 11.3 Å². The van der Waals surface area contributed by atoms with Gasteiger partial charge >= 0.3 is 0 Å². The Balaban J connectivity index is 1.39. The minimum Gasteiger partial charge on any atom is -0.494 e. The van der Waals surface area contributed by atoms with Crippen LogP contribution in [0.1, 0.15) is 54.4 Å². The largest absolute Gasteiger partial charge is 0.494 e. The molecule has 0 spiro atoms. The second kappa shape index (κ2) is 8.62. The van der Waals surface area contributed by atoms with Crippen molar-refractivity contribution in [2.24, 2.45) is 0 Å². The fourth-order valence-corrected chi connectivity index (χ4v) is 5.32. The lowest BCUT2D eigenvalue weighted by molar-refractivity contribution is 0.0939. The highest BCUT2D eigenvalue weighted by Crippen LogP contribution is 2.30. The van der Waals surface area contributed by atoms with Crippen LogP contribution in [0.15, 0.2) is 24.3 Å². The quantitative estimate of drug-likeness (QED) is 0.788. The van der Waals surface area contributed by atoms with Gasteiger partial charge in [0, 0.05) is 30.7 Å². The number of nitrogens with one attached hydrogen (secondary N) is 1. The number of rotatable bonds is 6. The van der Waals surface area contributed by atoms with Crippen LogP contribution < -0.4 is 10.1 Å². The first-order valence-corrected chi connectivity index (χ1v) is 11.2. The van der Waals surface area contributed by atoms with E-state index < -0.39 is 0 Å². The van der Waals surface area contributed by atoms with E-state index in [0.717, 1.165) is 52.4 Å². The molecule has 1 aliphatic heterocycles. The zero-order chi connectivity index (χ0) is 19.5. The summed E-state index contributed by atoms with van der Waals surface area (Å²) in [7, 11) is 0. The minimum atomic E-state index is 0.0189. The molecule has 0 radical (unpaired) electrons. The van der Waals surface area contributed by atoms with E-state index in [2.05, 4.69) is 15.2 Å². The third kappa shape index (κ3) is 4.23. The molecule has 0 bridgehead atoms. The highest BCUT2D eigenvalue weighted by Gasteiger charge is 2.31. The summed E-state index contributed by atoms with van der Waals surface area (Å²) >= 11 is 1.47. The Hall–Kier alpha value is -1.92. The van der Waals surface area contributed by atoms with Crippen molar-refractivity contribution < 1.29 is 9.53 Å². The zero-order valence-corrected chi connectivity index (χ0v) is 17.6. The van der Waals surface area contributed by atoms with Crippen LogP contribution in [0.2, 0.25) is 0 Å². The molecular formula is C22H29N3O2S. The predicted octanol–water partition coefficient (Wildman–Crippen LogP) is 4.26. The standard InChI is InChI=1S/C22H29N3O2S/c1-3-27-19-10-8-16(9-11-19)22-23-15(2)20(28-22)21(26)24-17-12-13-25(14-17)18-6-4-5-7-18/h8-11,17-18H,3-7,12-14H2,1-2H3,(H,24,26). The van der Waals surface area contributed by atoms with Crippen LogP contribution in [0.5, 0.6) is 5.75 Å². The maximum Gasteiger partial charge on any atom is 0.263 e. The van der Waals surface area contributed by atoms with Crippen LogP contribution in [-0.2, 0) is 0 Å². The number of ether oxygens (including phenoxy) is 1. The van der Waals surface area contributed by atoms with Gasteiger partial charge in [0.25, 0.3) is 5.91 Å². The Bertz CT molecular complexity index is 812. The molecule has 4 rings (SSSR count). The zero-order valence-electron chi connectivity index (χ0n) is 16.7. The van der Waals surface area contributed by atoms with Crippen molar-refractivity contribution in [3.8, 4) is 16.3 Å². The van der Waals surface area contributed by atoms with Crippen molar-refractivity contribution in [3.63, 3.8) is 0 Å². The molecule has 1 aromatic carbocycles. The molecule has 1 amide bonds. The lowest BCUT2D eigenvalue weighted by Gasteiger charge is -2.23. The van der Waals surface area contributed by atoms with Gasteiger partial charge in [0.15, 0.2) is 0 Å². The lowest BCUT2D eigenvalue weighted by Crippen LogP contribution is -2.39. The molecule has 1 unspecified atom stereocenters. The van der Waals surface area contributed by atoms with Gasteiger partial charge in [0.05, 0.1) is 12.3 Å². The number of nitrogens with zero attached hydrogens (tertiary/aromatic N) is 2. The van der Waals surface area contributed by atoms with Crippen LogP contribution in [0.4, 0.5) is 0 Å². The molecule has 1 saturated carbocycles. The molecule has 1 atom stereocenters. The number of benzene rings is 1. The first-order valence-electron chi connectivity index (χ1n) is 10.4. The Morgan fingerprint density at radius 1 is 1.25 bits per heavy atom. The van der Waals surface area contributed by atoms with E-state index in [1.54, 1.807) is 0 Å². The second-order valence-corrected chi connectivity index (χ2v) is 8.78. The summed E-state index contributed by atoms with van der Waals surface area (Å²) < 4.78 is 5.50. The third-order valence-corrected chi connectivity index (χ3v) is 7.02. The summed E-state index contributed by atoms with van der Waals surface area (Å²) in [6.45, 7) is 6.64. The van der Waals surface area contributed by atoms with Crippen LogP contribution in [0.3, 0.4) is 0 Å². The molecule has 28 heavy (non-hydrogen) atoms. The fraction of sp³-hybridized carbons (Fsp3) is 0.545. The normalized spacial score (nSPS) is 20.6. The Labute approximate surface area is 171 Å². The summed E-state index contributed by atoms with van der Waals surface area (Å²) in [5.41, 5.74) is 1.82. The van der Waals surface area contributed by atoms with Crippen molar-refractivity contribution in [2.75, 3.05) is 19.7 Å². The summed E-state index contributed by atoms with van der Waals surface area (Å²) in [6.07, 6.45) is 6.39. The molecule has 1 N–H and O–H groups in total. The monoisotopic (exact) mass is 399 g/mol. The molecule has 6 heteroatoms. The van der Waals surface area contributed by atoms with E-state index in [4.69, 9.17) is 4.74 Å². The fourth-order valence-electron chi connectivity index (χ4n) is 4.35. The predicted molar refractivity (Wildman–Crippen MR) is 113 cm³/mol. The maximum absolute atomic E-state index is 12.9. The van der Waals surface area contributed by atoms with Crippen molar-refractivity contribution in [3.05, 3.63) is 34.8 Å². The van der Waals surface area contributed by atoms with Gasteiger partial charge in [-0.3, -0.25) is 9.69 Å². The molecule has 2 aromatic rings. The molecular weight excluding hydrogens is 370 g/mol.